The van der Waals surface area contributed by atoms with E-state index in [0.29, 0.717) is 28.4 Å². The van der Waals surface area contributed by atoms with Crippen LogP contribution in [0, 0.1) is 10.8 Å². The molecule has 0 bridgehead atoms. The quantitative estimate of drug-likeness (QED) is 0.219. The van der Waals surface area contributed by atoms with Crippen molar-refractivity contribution in [2.75, 3.05) is 31.1 Å². The summed E-state index contributed by atoms with van der Waals surface area (Å²) in [6.45, 7) is 10.8. The molecule has 0 radical (unpaired) electrons. The van der Waals surface area contributed by atoms with E-state index in [0.717, 1.165) is 54.3 Å². The van der Waals surface area contributed by atoms with Crippen LogP contribution in [0.3, 0.4) is 0 Å². The second-order valence-corrected chi connectivity index (χ2v) is 14.0. The number of nitrogens with one attached hydrogen (secondary N) is 1. The van der Waals surface area contributed by atoms with Gasteiger partial charge in [0.2, 0.25) is 0 Å². The van der Waals surface area contributed by atoms with E-state index in [-0.39, 0.29) is 5.56 Å². The van der Waals surface area contributed by atoms with Crippen molar-refractivity contribution in [3.05, 3.63) is 88.7 Å². The fraction of sp³-hybridized carbons (Fsp3) is 0.389. The summed E-state index contributed by atoms with van der Waals surface area (Å²) < 4.78 is 6.12. The summed E-state index contributed by atoms with van der Waals surface area (Å²) in [6.07, 6.45) is 8.36. The Bertz CT molecular complexity index is 1750. The first-order valence-electron chi connectivity index (χ1n) is 15.6. The number of anilines is 1. The summed E-state index contributed by atoms with van der Waals surface area (Å²) >= 11 is 6.26. The number of hydrogen-bond donors (Lipinski definition) is 2. The molecule has 1 aliphatic heterocycles. The van der Waals surface area contributed by atoms with Gasteiger partial charge in [-0.1, -0.05) is 43.2 Å². The number of carboxylic acids is 1. The lowest BCUT2D eigenvalue weighted by Gasteiger charge is -2.45. The number of pyridine rings is 1. The van der Waals surface area contributed by atoms with Crippen molar-refractivity contribution < 1.29 is 14.6 Å². The Kier molecular flexibility index (Phi) is 7.21. The topological polar surface area (TPSA) is 81.7 Å². The number of rotatable bonds is 7. The molecule has 0 amide bonds. The van der Waals surface area contributed by atoms with E-state index in [2.05, 4.69) is 52.7 Å². The van der Waals surface area contributed by atoms with E-state index in [1.165, 1.54) is 30.4 Å². The van der Waals surface area contributed by atoms with Crippen molar-refractivity contribution in [1.82, 2.24) is 14.9 Å². The van der Waals surface area contributed by atoms with Gasteiger partial charge in [0, 0.05) is 60.6 Å². The van der Waals surface area contributed by atoms with E-state index >= 15 is 0 Å². The second-order valence-electron chi connectivity index (χ2n) is 13.5. The van der Waals surface area contributed by atoms with Crippen molar-refractivity contribution in [3.63, 3.8) is 0 Å². The minimum atomic E-state index is -1.02. The number of aromatic amines is 1. The van der Waals surface area contributed by atoms with E-state index in [1.54, 1.807) is 17.8 Å². The van der Waals surface area contributed by atoms with Gasteiger partial charge in [0.25, 0.3) is 0 Å². The number of halogens is 1. The molecule has 3 heterocycles. The number of fused-ring (bicyclic) bond motifs is 1. The lowest BCUT2D eigenvalue weighted by atomic mass is 9.63. The summed E-state index contributed by atoms with van der Waals surface area (Å²) in [5, 5.41) is 11.6. The first-order chi connectivity index (χ1) is 21.1. The number of aromatic nitrogens is 2. The third-order valence-electron chi connectivity index (χ3n) is 10.4. The average Bonchev–Trinajstić information content (AvgIpc) is 3.64. The molecule has 2 aromatic heterocycles. The largest absolute Gasteiger partial charge is 0.478 e. The standard InChI is InChI=1S/C36H39ClN4O3/c1-23-21-41(28-8-9-30(34(42)43)32(17-28)44-29-16-25-10-13-38-33(25)39-20-29)15-14-40(23)22-26-18-36(11-12-36)35(2,3)19-31(26)24-4-6-27(37)7-5-24/h4-10,13,16-17,20,23H,11-12,14-15,18-19,21-22H2,1-3H3,(H,38,39)(H,42,43). The molecular formula is C36H39ClN4O3. The van der Waals surface area contributed by atoms with Crippen molar-refractivity contribution in [2.24, 2.45) is 10.8 Å². The summed E-state index contributed by atoms with van der Waals surface area (Å²) in [6, 6.07) is 17.9. The van der Waals surface area contributed by atoms with Crippen LogP contribution in [0.4, 0.5) is 5.69 Å². The zero-order valence-electron chi connectivity index (χ0n) is 25.6. The Morgan fingerprint density at radius 2 is 1.89 bits per heavy atom. The van der Waals surface area contributed by atoms with Gasteiger partial charge in [0.05, 0.1) is 6.20 Å². The van der Waals surface area contributed by atoms with Crippen LogP contribution in [0.15, 0.2) is 72.6 Å². The van der Waals surface area contributed by atoms with Gasteiger partial charge < -0.3 is 19.7 Å². The molecule has 2 aliphatic carbocycles. The third-order valence-corrected chi connectivity index (χ3v) is 10.7. The highest BCUT2D eigenvalue weighted by Crippen LogP contribution is 2.67. The molecule has 2 N–H and O–H groups in total. The summed E-state index contributed by atoms with van der Waals surface area (Å²) in [4.78, 5) is 24.5. The average molecular weight is 611 g/mol. The van der Waals surface area contributed by atoms with Crippen LogP contribution >= 0.6 is 11.6 Å². The molecule has 228 valence electrons. The Hall–Kier alpha value is -3.81. The lowest BCUT2D eigenvalue weighted by Crippen LogP contribution is -2.52. The van der Waals surface area contributed by atoms with Crippen LogP contribution in [-0.4, -0.2) is 58.2 Å². The Labute approximate surface area is 263 Å². The number of nitrogens with zero attached hydrogens (tertiary/aromatic N) is 3. The van der Waals surface area contributed by atoms with E-state index in [4.69, 9.17) is 16.3 Å². The number of aromatic carboxylic acids is 1. The van der Waals surface area contributed by atoms with E-state index in [1.807, 2.05) is 42.6 Å². The number of H-pyrrole nitrogens is 1. The fourth-order valence-electron chi connectivity index (χ4n) is 7.40. The fourth-order valence-corrected chi connectivity index (χ4v) is 7.53. The van der Waals surface area contributed by atoms with E-state index < -0.39 is 5.97 Å². The normalized spacial score (nSPS) is 21.2. The Morgan fingerprint density at radius 1 is 1.09 bits per heavy atom. The molecule has 8 heteroatoms. The number of carbonyl (C=O) groups is 1. The maximum absolute atomic E-state index is 12.1. The monoisotopic (exact) mass is 610 g/mol. The molecule has 1 atom stereocenters. The minimum Gasteiger partial charge on any atom is -0.478 e. The molecule has 44 heavy (non-hydrogen) atoms. The van der Waals surface area contributed by atoms with Crippen molar-refractivity contribution in [1.29, 1.82) is 0 Å². The van der Waals surface area contributed by atoms with Gasteiger partial charge in [-0.15, -0.1) is 0 Å². The molecule has 4 aromatic rings. The number of allylic oxidation sites excluding steroid dienone is 1. The molecule has 7 nitrogen and oxygen atoms in total. The molecule has 7 rings (SSSR count). The predicted molar refractivity (Wildman–Crippen MR) is 176 cm³/mol. The van der Waals surface area contributed by atoms with Crippen LogP contribution in [-0.2, 0) is 0 Å². The Balaban J connectivity index is 1.11. The summed E-state index contributed by atoms with van der Waals surface area (Å²) in [5.41, 5.74) is 6.97. The number of hydrogen-bond acceptors (Lipinski definition) is 5. The molecule has 2 fully saturated rings. The highest BCUT2D eigenvalue weighted by Gasteiger charge is 2.56. The first kappa shape index (κ1) is 28.9. The molecule has 2 aromatic carbocycles. The maximum atomic E-state index is 12.1. The van der Waals surface area contributed by atoms with Crippen molar-refractivity contribution in [2.45, 2.75) is 52.5 Å². The zero-order valence-corrected chi connectivity index (χ0v) is 26.3. The van der Waals surface area contributed by atoms with Crippen LogP contribution in [0.5, 0.6) is 11.5 Å². The number of benzene rings is 2. The molecule has 1 saturated heterocycles. The Morgan fingerprint density at radius 3 is 2.61 bits per heavy atom. The van der Waals surface area contributed by atoms with Gasteiger partial charge >= 0.3 is 5.97 Å². The van der Waals surface area contributed by atoms with Gasteiger partial charge in [0.15, 0.2) is 0 Å². The number of piperazine rings is 1. The molecule has 1 spiro atoms. The second kappa shape index (κ2) is 11.0. The first-order valence-corrected chi connectivity index (χ1v) is 15.9. The molecule has 1 unspecified atom stereocenters. The summed E-state index contributed by atoms with van der Waals surface area (Å²) in [7, 11) is 0. The van der Waals surface area contributed by atoms with Gasteiger partial charge in [-0.25, -0.2) is 9.78 Å². The maximum Gasteiger partial charge on any atom is 0.339 e. The zero-order chi connectivity index (χ0) is 30.6. The van der Waals surface area contributed by atoms with Crippen molar-refractivity contribution >= 4 is 39.9 Å². The molecular weight excluding hydrogens is 572 g/mol. The smallest absolute Gasteiger partial charge is 0.339 e. The van der Waals surface area contributed by atoms with Crippen LogP contribution in [0.25, 0.3) is 16.6 Å². The minimum absolute atomic E-state index is 0.130. The van der Waals surface area contributed by atoms with Crippen LogP contribution < -0.4 is 9.64 Å². The predicted octanol–water partition coefficient (Wildman–Crippen LogP) is 8.27. The molecule has 1 saturated carbocycles. The van der Waals surface area contributed by atoms with Gasteiger partial charge in [-0.05, 0) is 91.0 Å². The molecule has 3 aliphatic rings. The van der Waals surface area contributed by atoms with Crippen LogP contribution in [0.2, 0.25) is 5.02 Å². The van der Waals surface area contributed by atoms with Gasteiger partial charge in [-0.2, -0.15) is 0 Å². The van der Waals surface area contributed by atoms with Crippen LogP contribution in [0.1, 0.15) is 62.4 Å². The summed E-state index contributed by atoms with van der Waals surface area (Å²) in [5.74, 6) is -0.197. The highest BCUT2D eigenvalue weighted by atomic mass is 35.5. The number of ether oxygens (including phenoxy) is 1. The SMILES string of the molecule is CC1CN(c2ccc(C(=O)O)c(Oc3cnc4[nH]ccc4c3)c2)CCN1CC1=C(c2ccc(Cl)cc2)CC(C)(C)C2(CC2)C1. The van der Waals surface area contributed by atoms with Gasteiger partial charge in [0.1, 0.15) is 22.7 Å². The number of carboxylic acid groups (broad SMARTS) is 1. The van der Waals surface area contributed by atoms with Crippen molar-refractivity contribution in [3.8, 4) is 11.5 Å². The highest BCUT2D eigenvalue weighted by molar-refractivity contribution is 6.30. The van der Waals surface area contributed by atoms with E-state index in [9.17, 15) is 9.90 Å². The lowest BCUT2D eigenvalue weighted by molar-refractivity contribution is 0.0694. The third kappa shape index (κ3) is 5.37. The van der Waals surface area contributed by atoms with Gasteiger partial charge in [-0.3, -0.25) is 4.90 Å².